The largest absolute Gasteiger partial charge is 0.508 e. The van der Waals surface area contributed by atoms with Gasteiger partial charge in [0.25, 0.3) is 0 Å². The third kappa shape index (κ3) is 33.8. The topological polar surface area (TPSA) is 667 Å². The summed E-state index contributed by atoms with van der Waals surface area (Å²) in [5, 5.41) is 39.8. The smallest absolute Gasteiger partial charge is 0.244 e. The van der Waals surface area contributed by atoms with E-state index in [1.165, 1.54) is 24.3 Å². The zero-order valence-corrected chi connectivity index (χ0v) is 62.0. The maximum absolute atomic E-state index is 15.2. The summed E-state index contributed by atoms with van der Waals surface area (Å²) in [6, 6.07) is -12.3. The summed E-state index contributed by atoms with van der Waals surface area (Å²) in [5.74, 6) is -15.2. The number of hydrogen-bond donors (Lipinski definition) is 22. The van der Waals surface area contributed by atoms with Crippen molar-refractivity contribution in [1.82, 2.24) is 58.5 Å². The van der Waals surface area contributed by atoms with Crippen LogP contribution in [0.3, 0.4) is 0 Å². The minimum atomic E-state index is -1.67. The number of carbonyl (C=O) groups excluding carboxylic acids is 12. The molecule has 0 radical (unpaired) electrons. The van der Waals surface area contributed by atoms with Crippen LogP contribution in [0.2, 0.25) is 0 Å². The number of primary amides is 1. The Balaban J connectivity index is 2.50. The van der Waals surface area contributed by atoms with Crippen LogP contribution in [0, 0.1) is 17.8 Å². The maximum Gasteiger partial charge on any atom is 0.244 e. The zero-order valence-electron chi connectivity index (χ0n) is 58.7. The first-order valence-corrected chi connectivity index (χ1v) is 38.4. The predicted octanol–water partition coefficient (Wildman–Crippen LogP) is -6.56. The van der Waals surface area contributed by atoms with E-state index in [4.69, 9.17) is 57.3 Å². The van der Waals surface area contributed by atoms with Gasteiger partial charge in [0.1, 0.15) is 72.2 Å². The van der Waals surface area contributed by atoms with E-state index in [9.17, 15) is 48.3 Å². The van der Waals surface area contributed by atoms with Crippen molar-refractivity contribution in [3.63, 3.8) is 0 Å². The van der Waals surface area contributed by atoms with Crippen LogP contribution in [-0.4, -0.2) is 222 Å². The highest BCUT2D eigenvalue weighted by Crippen LogP contribution is 2.26. The van der Waals surface area contributed by atoms with Crippen molar-refractivity contribution in [3.05, 3.63) is 29.8 Å². The fourth-order valence-electron chi connectivity index (χ4n) is 10.0. The van der Waals surface area contributed by atoms with E-state index in [2.05, 4.69) is 78.5 Å². The van der Waals surface area contributed by atoms with Crippen molar-refractivity contribution in [1.29, 1.82) is 0 Å². The van der Waals surface area contributed by atoms with E-state index in [0.717, 1.165) is 43.2 Å². The second kappa shape index (κ2) is 45.9. The van der Waals surface area contributed by atoms with Gasteiger partial charge in [-0.1, -0.05) is 96.9 Å². The molecule has 32 N–H and O–H groups in total. The number of guanidine groups is 4. The highest BCUT2D eigenvalue weighted by Gasteiger charge is 2.39. The number of hydrogen-bond acceptors (Lipinski definition) is 22. The second-order valence-corrected chi connectivity index (χ2v) is 30.6. The zero-order chi connectivity index (χ0) is 77.0. The molecule has 2 saturated heterocycles. The number of phenolic OH excluding ortho intramolecular Hbond substituents is 1. The lowest BCUT2D eigenvalue weighted by Crippen LogP contribution is -2.62. The molecule has 1 aromatic rings. The Hall–Kier alpha value is -8.90. The Morgan fingerprint density at radius 3 is 1.26 bits per heavy atom. The lowest BCUT2D eigenvalue weighted by atomic mass is 10.0. The number of carbonyl (C=O) groups is 12. The van der Waals surface area contributed by atoms with Crippen LogP contribution in [0.15, 0.2) is 44.2 Å². The molecule has 42 heteroatoms. The summed E-state index contributed by atoms with van der Waals surface area (Å²) in [6.45, 7) is 9.86. The van der Waals surface area contributed by atoms with Gasteiger partial charge in [-0.25, -0.2) is 0 Å². The Morgan fingerprint density at radius 2 is 0.864 bits per heavy atom. The molecule has 2 aliphatic rings. The number of rotatable bonds is 27. The number of nitrogens with two attached hydrogens (primary N) is 10. The standard InChI is InChI=1S/C61H105N25O13S4/c1-29(2)23-34(62)47(89)81-40-25-100-103-28-43(55(97)85-44(30(3)4)46(63)88)84-57(99)45(31(5)6)86-56(98)42-27-102-101-26-41(83-52(94)39(80-54(40)96)24-32-15-17-33(87)18-16-32)53(95)79-37(13-9-21-74-60(68)69)50(92)77-35(11-7-19-72-58(64)65)48(90)76-36(12-8-20-73-59(66)67)49(91)78-38(51(93)82-42)14-10-22-75-61(70)71/h15-18,29-31,34-45,87H,7-14,19-28,62H2,1-6H3,(H2,63,88)(H,76,90)(H,77,92)(H,78,91)(H,79,95)(H,80,96)(H,81,89)(H,82,93)(H,83,94)(H,84,99)(H,85,97)(H,86,98)(H4,64,65,72)(H4,66,67,73)(H4,68,69,74)(H4,70,71,75)/t34-,35-,36-,37-,38-,39-,40-,41-,42-,43-,44-,45-/m0/s1. The van der Waals surface area contributed by atoms with Gasteiger partial charge < -0.3 is 121 Å². The quantitative estimate of drug-likeness (QED) is 0.0169. The monoisotopic (exact) mass is 1520 g/mol. The molecule has 38 nitrogen and oxygen atoms in total. The minimum absolute atomic E-state index is 0.0299. The molecule has 2 bridgehead atoms. The van der Waals surface area contributed by atoms with E-state index in [0.29, 0.717) is 5.56 Å². The van der Waals surface area contributed by atoms with Gasteiger partial charge in [0, 0.05) is 55.6 Å². The molecular formula is C61H105N25O13S4. The first-order valence-electron chi connectivity index (χ1n) is 33.4. The van der Waals surface area contributed by atoms with Crippen LogP contribution >= 0.6 is 43.2 Å². The molecular weight excluding hydrogens is 1420 g/mol. The fraction of sp³-hybridized carbons (Fsp3) is 0.639. The molecule has 0 unspecified atom stereocenters. The summed E-state index contributed by atoms with van der Waals surface area (Å²) in [6.07, 6.45) is -0.750. The van der Waals surface area contributed by atoms with E-state index in [1.807, 2.05) is 13.8 Å². The number of nitrogens with one attached hydrogen (secondary N) is 11. The normalized spacial score (nSPS) is 23.3. The van der Waals surface area contributed by atoms with Crippen LogP contribution in [0.4, 0.5) is 0 Å². The lowest BCUT2D eigenvalue weighted by molar-refractivity contribution is -0.136. The van der Waals surface area contributed by atoms with Gasteiger partial charge in [0.05, 0.1) is 6.04 Å². The average molecular weight is 1520 g/mol. The third-order valence-electron chi connectivity index (χ3n) is 15.5. The van der Waals surface area contributed by atoms with E-state index in [-0.39, 0.29) is 137 Å². The van der Waals surface area contributed by atoms with E-state index in [1.54, 1.807) is 27.7 Å². The van der Waals surface area contributed by atoms with Crippen LogP contribution in [-0.2, 0) is 64.0 Å². The molecule has 2 fully saturated rings. The summed E-state index contributed by atoms with van der Waals surface area (Å²) >= 11 is 0. The summed E-state index contributed by atoms with van der Waals surface area (Å²) in [5.41, 5.74) is 57.4. The predicted molar refractivity (Wildman–Crippen MR) is 399 cm³/mol. The van der Waals surface area contributed by atoms with E-state index < -0.39 is 167 Å². The first-order chi connectivity index (χ1) is 48.6. The highest BCUT2D eigenvalue weighted by atomic mass is 33.1. The molecule has 12 atom stereocenters. The van der Waals surface area contributed by atoms with Gasteiger partial charge >= 0.3 is 0 Å². The van der Waals surface area contributed by atoms with Gasteiger partial charge in [-0.2, -0.15) is 0 Å². The number of amides is 12. The summed E-state index contributed by atoms with van der Waals surface area (Å²) in [4.78, 5) is 191. The van der Waals surface area contributed by atoms with Crippen molar-refractivity contribution in [3.8, 4) is 5.75 Å². The Kier molecular flexibility index (Phi) is 39.4. The second-order valence-electron chi connectivity index (χ2n) is 25.5. The molecule has 12 amide bonds. The number of fused-ring (bicyclic) bond motifs is 5. The number of nitrogens with zero attached hydrogens (tertiary/aromatic N) is 4. The molecule has 2 aliphatic heterocycles. The van der Waals surface area contributed by atoms with Crippen molar-refractivity contribution >= 4 is 138 Å². The molecule has 0 spiro atoms. The molecule has 3 rings (SSSR count). The molecule has 2 heterocycles. The van der Waals surface area contributed by atoms with Crippen LogP contribution in [0.5, 0.6) is 5.75 Å². The van der Waals surface area contributed by atoms with Gasteiger partial charge in [-0.05, 0) is 93.2 Å². The molecule has 576 valence electrons. The summed E-state index contributed by atoms with van der Waals surface area (Å²) < 4.78 is 0. The SMILES string of the molecule is CC(C)C[C@H](N)C(=O)N[C@H]1CSSC[C@@H](C(=O)N[C@H](C(N)=O)C(C)C)NC(=O)[C@H](C(C)C)NC(=O)[C@@H]2CSSC[C@H](NC(=O)[C@H](Cc3ccc(O)cc3)NC1=O)C(=O)N[C@@H](CCCN=C(N)N)C(=O)N[C@@H](CCCN=C(N)N)C(=O)N[C@@H](CCCN=C(N)N)C(=O)N[C@@H](CCCN=C(N)N)C(=O)N2. The van der Waals surface area contributed by atoms with Crippen LogP contribution in [0.1, 0.15) is 105 Å². The molecule has 0 aromatic heterocycles. The summed E-state index contributed by atoms with van der Waals surface area (Å²) in [7, 11) is 3.67. The van der Waals surface area contributed by atoms with E-state index >= 15 is 14.4 Å². The fourth-order valence-corrected chi connectivity index (χ4v) is 14.7. The van der Waals surface area contributed by atoms with Crippen molar-refractivity contribution in [2.24, 2.45) is 95.1 Å². The third-order valence-corrected chi connectivity index (χ3v) is 20.4. The Bertz CT molecular complexity index is 3150. The number of benzene rings is 1. The molecule has 103 heavy (non-hydrogen) atoms. The van der Waals surface area contributed by atoms with Crippen molar-refractivity contribution in [2.45, 2.75) is 178 Å². The molecule has 0 saturated carbocycles. The minimum Gasteiger partial charge on any atom is -0.508 e. The van der Waals surface area contributed by atoms with Gasteiger partial charge in [0.2, 0.25) is 70.9 Å². The Labute approximate surface area is 614 Å². The number of phenols is 1. The maximum atomic E-state index is 15.2. The van der Waals surface area contributed by atoms with Crippen LogP contribution < -0.4 is 116 Å². The van der Waals surface area contributed by atoms with Gasteiger partial charge in [-0.15, -0.1) is 0 Å². The van der Waals surface area contributed by atoms with Gasteiger partial charge in [0.15, 0.2) is 23.8 Å². The molecule has 0 aliphatic carbocycles. The average Bonchev–Trinajstić information content (AvgIpc) is 1.93. The van der Waals surface area contributed by atoms with Crippen LogP contribution in [0.25, 0.3) is 0 Å². The van der Waals surface area contributed by atoms with Crippen molar-refractivity contribution < 1.29 is 62.6 Å². The number of aromatic hydroxyl groups is 1. The first kappa shape index (κ1) is 88.3. The van der Waals surface area contributed by atoms with Crippen molar-refractivity contribution in [2.75, 3.05) is 49.2 Å². The number of aliphatic imine (C=N–C) groups is 4. The lowest BCUT2D eigenvalue weighted by Gasteiger charge is -2.30. The Morgan fingerprint density at radius 1 is 0.485 bits per heavy atom. The molecule has 1 aromatic carbocycles. The highest BCUT2D eigenvalue weighted by molar-refractivity contribution is 8.77. The van der Waals surface area contributed by atoms with Gasteiger partial charge in [-0.3, -0.25) is 77.5 Å².